The van der Waals surface area contributed by atoms with Crippen molar-refractivity contribution < 1.29 is 19.7 Å². The first kappa shape index (κ1) is 12.4. The Balaban J connectivity index is 3.82. The van der Waals surface area contributed by atoms with Crippen molar-refractivity contribution in [2.24, 2.45) is 0 Å². The molecule has 78 valence electrons. The number of rotatable bonds is 5. The highest BCUT2D eigenvalue weighted by atomic mass is 16.5. The predicted molar refractivity (Wildman–Crippen MR) is 52.7 cm³/mol. The standard InChI is InChI=1S/C10H14O4/c1-8(11)6-4-3-5-7-9(12)10(13)14-2/h3-6,9,11-12H,1,7H2,2H3/b5-3+,6-4-/t9-/m0/s1. The number of allylic oxidation sites excluding steroid dienone is 3. The molecule has 1 atom stereocenters. The van der Waals surface area contributed by atoms with Gasteiger partial charge in [-0.3, -0.25) is 0 Å². The summed E-state index contributed by atoms with van der Waals surface area (Å²) in [6.45, 7) is 3.24. The molecule has 0 unspecified atom stereocenters. The number of carbonyl (C=O) groups excluding carboxylic acids is 1. The number of carbonyl (C=O) groups is 1. The average Bonchev–Trinajstić information content (AvgIpc) is 2.15. The van der Waals surface area contributed by atoms with Gasteiger partial charge in [0.1, 0.15) is 5.76 Å². The molecule has 4 heteroatoms. The van der Waals surface area contributed by atoms with E-state index in [1.54, 1.807) is 18.2 Å². The van der Waals surface area contributed by atoms with Crippen LogP contribution in [0.5, 0.6) is 0 Å². The lowest BCUT2D eigenvalue weighted by Crippen LogP contribution is -2.20. The van der Waals surface area contributed by atoms with E-state index >= 15 is 0 Å². The number of aliphatic hydroxyl groups excluding tert-OH is 2. The fourth-order valence-electron chi connectivity index (χ4n) is 0.685. The number of esters is 1. The molecule has 0 aliphatic heterocycles. The zero-order valence-corrected chi connectivity index (χ0v) is 8.01. The van der Waals surface area contributed by atoms with Gasteiger partial charge in [0.25, 0.3) is 0 Å². The largest absolute Gasteiger partial charge is 0.509 e. The summed E-state index contributed by atoms with van der Waals surface area (Å²) in [5.41, 5.74) is 0. The molecule has 0 aliphatic rings. The first-order valence-corrected chi connectivity index (χ1v) is 4.05. The van der Waals surface area contributed by atoms with E-state index in [0.717, 1.165) is 0 Å². The summed E-state index contributed by atoms with van der Waals surface area (Å²) in [5, 5.41) is 17.8. The third kappa shape index (κ3) is 6.02. The molecule has 0 saturated carbocycles. The maximum absolute atomic E-state index is 10.7. The van der Waals surface area contributed by atoms with Gasteiger partial charge in [0.05, 0.1) is 7.11 Å². The minimum absolute atomic E-state index is 0.0526. The zero-order valence-electron chi connectivity index (χ0n) is 8.01. The molecule has 0 aromatic rings. The fourth-order valence-corrected chi connectivity index (χ4v) is 0.685. The monoisotopic (exact) mass is 198 g/mol. The van der Waals surface area contributed by atoms with Crippen molar-refractivity contribution in [3.05, 3.63) is 36.6 Å². The maximum Gasteiger partial charge on any atom is 0.335 e. The second-order valence-electron chi connectivity index (χ2n) is 2.55. The fraction of sp³-hybridized carbons (Fsp3) is 0.300. The quantitative estimate of drug-likeness (QED) is 0.394. The molecule has 0 aromatic carbocycles. The Kier molecular flexibility index (Phi) is 6.15. The van der Waals surface area contributed by atoms with Crippen LogP contribution in [0.4, 0.5) is 0 Å². The van der Waals surface area contributed by atoms with Crippen LogP contribution in [-0.4, -0.2) is 29.4 Å². The van der Waals surface area contributed by atoms with Gasteiger partial charge in [0, 0.05) is 6.42 Å². The normalized spacial score (nSPS) is 13.3. The van der Waals surface area contributed by atoms with Crippen LogP contribution in [0.25, 0.3) is 0 Å². The maximum atomic E-state index is 10.7. The summed E-state index contributed by atoms with van der Waals surface area (Å²) in [6, 6.07) is 0. The third-order valence-corrected chi connectivity index (χ3v) is 1.37. The number of hydrogen-bond acceptors (Lipinski definition) is 4. The van der Waals surface area contributed by atoms with E-state index < -0.39 is 12.1 Å². The van der Waals surface area contributed by atoms with Gasteiger partial charge in [0.2, 0.25) is 0 Å². The number of hydrogen-bond donors (Lipinski definition) is 2. The van der Waals surface area contributed by atoms with E-state index in [-0.39, 0.29) is 12.2 Å². The topological polar surface area (TPSA) is 66.8 Å². The molecule has 0 aromatic heterocycles. The second kappa shape index (κ2) is 6.91. The molecule has 0 bridgehead atoms. The van der Waals surface area contributed by atoms with Gasteiger partial charge in [0.15, 0.2) is 6.10 Å². The van der Waals surface area contributed by atoms with E-state index in [1.807, 2.05) is 0 Å². The van der Waals surface area contributed by atoms with E-state index in [2.05, 4.69) is 11.3 Å². The lowest BCUT2D eigenvalue weighted by atomic mass is 10.2. The van der Waals surface area contributed by atoms with Crippen molar-refractivity contribution in [3.63, 3.8) is 0 Å². The Labute approximate surface area is 82.8 Å². The van der Waals surface area contributed by atoms with Gasteiger partial charge in [-0.15, -0.1) is 0 Å². The van der Waals surface area contributed by atoms with Crippen LogP contribution in [0.3, 0.4) is 0 Å². The molecule has 0 fully saturated rings. The SMILES string of the molecule is C=C(O)/C=C\C=C\C[C@H](O)C(=O)OC. The van der Waals surface area contributed by atoms with Crippen LogP contribution < -0.4 is 0 Å². The first-order valence-electron chi connectivity index (χ1n) is 4.05. The summed E-state index contributed by atoms with van der Waals surface area (Å²) in [4.78, 5) is 10.7. The minimum Gasteiger partial charge on any atom is -0.509 e. The average molecular weight is 198 g/mol. The van der Waals surface area contributed by atoms with Crippen molar-refractivity contribution in [2.45, 2.75) is 12.5 Å². The Hall–Kier alpha value is -1.55. The van der Waals surface area contributed by atoms with Gasteiger partial charge in [-0.2, -0.15) is 0 Å². The first-order chi connectivity index (χ1) is 6.57. The molecule has 4 nitrogen and oxygen atoms in total. The van der Waals surface area contributed by atoms with Crippen LogP contribution in [0.2, 0.25) is 0 Å². The predicted octanol–water partition coefficient (Wildman–Crippen LogP) is 1.09. The van der Waals surface area contributed by atoms with Crippen LogP contribution in [0, 0.1) is 0 Å². The van der Waals surface area contributed by atoms with Gasteiger partial charge in [-0.05, 0) is 6.08 Å². The summed E-state index contributed by atoms with van der Waals surface area (Å²) in [5.74, 6) is -0.714. The van der Waals surface area contributed by atoms with Crippen LogP contribution in [0.15, 0.2) is 36.6 Å². The molecule has 0 rings (SSSR count). The molecule has 2 N–H and O–H groups in total. The molecular formula is C10H14O4. The molecule has 14 heavy (non-hydrogen) atoms. The molecule has 0 heterocycles. The molecule has 0 amide bonds. The highest BCUT2D eigenvalue weighted by Crippen LogP contribution is 1.96. The van der Waals surface area contributed by atoms with E-state index in [1.165, 1.54) is 13.2 Å². The summed E-state index contributed by atoms with van der Waals surface area (Å²) in [6.07, 6.45) is 5.15. The number of ether oxygens (including phenoxy) is 1. The van der Waals surface area contributed by atoms with Crippen molar-refractivity contribution in [2.75, 3.05) is 7.11 Å². The summed E-state index contributed by atoms with van der Waals surface area (Å²) < 4.78 is 4.31. The smallest absolute Gasteiger partial charge is 0.335 e. The zero-order chi connectivity index (χ0) is 11.0. The number of methoxy groups -OCH3 is 1. The third-order valence-electron chi connectivity index (χ3n) is 1.37. The molecule has 0 saturated heterocycles. The van der Waals surface area contributed by atoms with Crippen LogP contribution in [-0.2, 0) is 9.53 Å². The Bertz CT molecular complexity index is 253. The lowest BCUT2D eigenvalue weighted by molar-refractivity contribution is -0.150. The Morgan fingerprint density at radius 1 is 1.57 bits per heavy atom. The second-order valence-corrected chi connectivity index (χ2v) is 2.55. The summed E-state index contributed by atoms with van der Waals surface area (Å²) in [7, 11) is 1.21. The van der Waals surface area contributed by atoms with E-state index in [0.29, 0.717) is 0 Å². The highest BCUT2D eigenvalue weighted by molar-refractivity contribution is 5.74. The highest BCUT2D eigenvalue weighted by Gasteiger charge is 2.12. The Morgan fingerprint density at radius 3 is 2.71 bits per heavy atom. The molecular weight excluding hydrogens is 184 g/mol. The van der Waals surface area contributed by atoms with Crippen LogP contribution >= 0.6 is 0 Å². The van der Waals surface area contributed by atoms with Crippen molar-refractivity contribution in [1.82, 2.24) is 0 Å². The Morgan fingerprint density at radius 2 is 2.21 bits per heavy atom. The van der Waals surface area contributed by atoms with E-state index in [9.17, 15) is 4.79 Å². The number of aliphatic hydroxyl groups is 2. The van der Waals surface area contributed by atoms with Gasteiger partial charge in [-0.1, -0.05) is 24.8 Å². The minimum atomic E-state index is -1.14. The van der Waals surface area contributed by atoms with Gasteiger partial charge in [-0.25, -0.2) is 4.79 Å². The van der Waals surface area contributed by atoms with Crippen molar-refractivity contribution in [3.8, 4) is 0 Å². The van der Waals surface area contributed by atoms with Gasteiger partial charge < -0.3 is 14.9 Å². The van der Waals surface area contributed by atoms with Crippen LogP contribution in [0.1, 0.15) is 6.42 Å². The lowest BCUT2D eigenvalue weighted by Gasteiger charge is -2.03. The van der Waals surface area contributed by atoms with E-state index in [4.69, 9.17) is 10.2 Å². The molecule has 0 spiro atoms. The molecule has 0 radical (unpaired) electrons. The summed E-state index contributed by atoms with van der Waals surface area (Å²) >= 11 is 0. The molecule has 0 aliphatic carbocycles. The van der Waals surface area contributed by atoms with Gasteiger partial charge >= 0.3 is 5.97 Å². The van der Waals surface area contributed by atoms with Crippen molar-refractivity contribution in [1.29, 1.82) is 0 Å². The van der Waals surface area contributed by atoms with Crippen molar-refractivity contribution >= 4 is 5.97 Å².